The molecule has 2 aromatic rings. The average molecular weight is 330 g/mol. The van der Waals surface area contributed by atoms with Gasteiger partial charge >= 0.3 is 0 Å². The van der Waals surface area contributed by atoms with E-state index in [2.05, 4.69) is 34.3 Å². The van der Waals surface area contributed by atoms with Gasteiger partial charge in [-0.25, -0.2) is 4.98 Å². The Kier molecular flexibility index (Phi) is 4.99. The third-order valence-electron chi connectivity index (χ3n) is 4.70. The first-order chi connectivity index (χ1) is 11.6. The highest BCUT2D eigenvalue weighted by atomic mass is 16.2. The third kappa shape index (κ3) is 3.51. The van der Waals surface area contributed by atoms with Gasteiger partial charge in [0.2, 0.25) is 5.91 Å². The summed E-state index contributed by atoms with van der Waals surface area (Å²) in [5, 5.41) is 7.21. The molecule has 0 aliphatic carbocycles. The Morgan fingerprint density at radius 3 is 2.96 bits per heavy atom. The summed E-state index contributed by atoms with van der Waals surface area (Å²) in [6.45, 7) is 7.05. The molecule has 3 heterocycles. The summed E-state index contributed by atoms with van der Waals surface area (Å²) in [4.78, 5) is 23.0. The molecule has 1 aliphatic heterocycles. The fraction of sp³-hybridized carbons (Fsp3) is 0.588. The maximum atomic E-state index is 12.7. The number of imidazole rings is 1. The zero-order valence-electron chi connectivity index (χ0n) is 14.6. The highest BCUT2D eigenvalue weighted by molar-refractivity contribution is 5.80. The van der Waals surface area contributed by atoms with Crippen LogP contribution in [0.2, 0.25) is 0 Å². The number of aryl methyl sites for hydroxylation is 2. The Balaban J connectivity index is 1.65. The van der Waals surface area contributed by atoms with Crippen LogP contribution >= 0.6 is 0 Å². The van der Waals surface area contributed by atoms with Crippen LogP contribution in [-0.4, -0.2) is 57.2 Å². The van der Waals surface area contributed by atoms with Gasteiger partial charge in [-0.15, -0.1) is 0 Å². The number of likely N-dealkylation sites (tertiary alicyclic amines) is 1. The SMILES string of the molecule is CCc1nc([C@H]2CN(C)C[C@@H]2C(=O)NCCn2cccn2)c(C)[nH]1. The topological polar surface area (TPSA) is 78.8 Å². The van der Waals surface area contributed by atoms with Crippen molar-refractivity contribution >= 4 is 5.91 Å². The van der Waals surface area contributed by atoms with E-state index in [1.54, 1.807) is 6.20 Å². The molecule has 0 saturated carbocycles. The minimum absolute atomic E-state index is 0.0562. The van der Waals surface area contributed by atoms with Crippen molar-refractivity contribution in [3.8, 4) is 0 Å². The Labute approximate surface area is 142 Å². The van der Waals surface area contributed by atoms with Crippen LogP contribution < -0.4 is 5.32 Å². The van der Waals surface area contributed by atoms with Crippen LogP contribution in [-0.2, 0) is 17.8 Å². The molecule has 2 atom stereocenters. The first-order valence-corrected chi connectivity index (χ1v) is 8.57. The molecule has 0 aromatic carbocycles. The van der Waals surface area contributed by atoms with Gasteiger partial charge in [0.1, 0.15) is 5.82 Å². The Morgan fingerprint density at radius 1 is 1.46 bits per heavy atom. The van der Waals surface area contributed by atoms with E-state index in [1.165, 1.54) is 0 Å². The van der Waals surface area contributed by atoms with Gasteiger partial charge in [0.25, 0.3) is 0 Å². The van der Waals surface area contributed by atoms with Gasteiger partial charge in [0.05, 0.1) is 18.2 Å². The molecule has 24 heavy (non-hydrogen) atoms. The first kappa shape index (κ1) is 16.7. The van der Waals surface area contributed by atoms with E-state index in [9.17, 15) is 4.79 Å². The van der Waals surface area contributed by atoms with Crippen molar-refractivity contribution in [1.82, 2.24) is 30.0 Å². The lowest BCUT2D eigenvalue weighted by Gasteiger charge is -2.17. The Morgan fingerprint density at radius 2 is 2.29 bits per heavy atom. The largest absolute Gasteiger partial charge is 0.354 e. The summed E-state index contributed by atoms with van der Waals surface area (Å²) in [7, 11) is 2.06. The summed E-state index contributed by atoms with van der Waals surface area (Å²) >= 11 is 0. The van der Waals surface area contributed by atoms with E-state index >= 15 is 0 Å². The molecule has 2 N–H and O–H groups in total. The molecule has 1 saturated heterocycles. The summed E-state index contributed by atoms with van der Waals surface area (Å²) in [5.41, 5.74) is 2.13. The summed E-state index contributed by atoms with van der Waals surface area (Å²) < 4.78 is 1.82. The number of nitrogens with one attached hydrogen (secondary N) is 2. The Bertz CT molecular complexity index is 677. The molecule has 7 heteroatoms. The van der Waals surface area contributed by atoms with Crippen molar-refractivity contribution in [1.29, 1.82) is 0 Å². The van der Waals surface area contributed by atoms with Gasteiger partial charge in [-0.05, 0) is 20.0 Å². The Hall–Kier alpha value is -2.15. The van der Waals surface area contributed by atoms with Crippen molar-refractivity contribution in [2.75, 3.05) is 26.7 Å². The second-order valence-electron chi connectivity index (χ2n) is 6.54. The third-order valence-corrected chi connectivity index (χ3v) is 4.70. The normalized spacial score (nSPS) is 21.3. The number of hydrogen-bond acceptors (Lipinski definition) is 4. The number of nitrogens with zero attached hydrogens (tertiary/aromatic N) is 4. The maximum absolute atomic E-state index is 12.7. The van der Waals surface area contributed by atoms with Gasteiger partial charge in [-0.1, -0.05) is 6.92 Å². The zero-order chi connectivity index (χ0) is 17.1. The number of amides is 1. The van der Waals surface area contributed by atoms with Crippen molar-refractivity contribution in [2.45, 2.75) is 32.7 Å². The summed E-state index contributed by atoms with van der Waals surface area (Å²) in [6.07, 6.45) is 4.53. The molecule has 1 fully saturated rings. The van der Waals surface area contributed by atoms with Crippen LogP contribution in [0.3, 0.4) is 0 Å². The van der Waals surface area contributed by atoms with Gasteiger partial charge < -0.3 is 15.2 Å². The molecule has 0 unspecified atom stereocenters. The molecule has 1 amide bonds. The van der Waals surface area contributed by atoms with Crippen LogP contribution in [0.5, 0.6) is 0 Å². The van der Waals surface area contributed by atoms with Crippen LogP contribution in [0.25, 0.3) is 0 Å². The average Bonchev–Trinajstić information content (AvgIpc) is 3.27. The quantitative estimate of drug-likeness (QED) is 0.826. The second kappa shape index (κ2) is 7.17. The lowest BCUT2D eigenvalue weighted by atomic mass is 9.91. The number of aromatic amines is 1. The number of aromatic nitrogens is 4. The van der Waals surface area contributed by atoms with E-state index < -0.39 is 0 Å². The standard InChI is InChI=1S/C17H26N6O/c1-4-15-20-12(2)16(21-15)13-10-22(3)11-14(13)17(24)18-7-9-23-8-5-6-19-23/h5-6,8,13-14H,4,7,9-11H2,1-3H3,(H,18,24)(H,20,21)/t13-,14-/m0/s1. The number of carbonyl (C=O) groups excluding carboxylic acids is 1. The van der Waals surface area contributed by atoms with E-state index in [0.29, 0.717) is 13.1 Å². The summed E-state index contributed by atoms with van der Waals surface area (Å²) in [6, 6.07) is 1.88. The summed E-state index contributed by atoms with van der Waals surface area (Å²) in [5.74, 6) is 1.20. The van der Waals surface area contributed by atoms with E-state index in [4.69, 9.17) is 4.98 Å². The van der Waals surface area contributed by atoms with E-state index in [0.717, 1.165) is 36.7 Å². The maximum Gasteiger partial charge on any atom is 0.225 e. The lowest BCUT2D eigenvalue weighted by Crippen LogP contribution is -2.36. The number of likely N-dealkylation sites (N-methyl/N-ethyl adjacent to an activating group) is 1. The predicted octanol–water partition coefficient (Wildman–Crippen LogP) is 0.939. The van der Waals surface area contributed by atoms with Crippen LogP contribution in [0, 0.1) is 12.8 Å². The minimum atomic E-state index is -0.0562. The number of rotatable bonds is 6. The monoisotopic (exact) mass is 330 g/mol. The molecular weight excluding hydrogens is 304 g/mol. The molecule has 130 valence electrons. The van der Waals surface area contributed by atoms with Crippen LogP contribution in [0.1, 0.15) is 30.1 Å². The number of hydrogen-bond donors (Lipinski definition) is 2. The fourth-order valence-corrected chi connectivity index (χ4v) is 3.47. The molecule has 0 bridgehead atoms. The van der Waals surface area contributed by atoms with Crippen molar-refractivity contribution in [3.05, 3.63) is 35.7 Å². The van der Waals surface area contributed by atoms with Gasteiger partial charge in [-0.2, -0.15) is 5.10 Å². The first-order valence-electron chi connectivity index (χ1n) is 8.57. The second-order valence-corrected chi connectivity index (χ2v) is 6.54. The highest BCUT2D eigenvalue weighted by Crippen LogP contribution is 2.32. The van der Waals surface area contributed by atoms with Crippen molar-refractivity contribution < 1.29 is 4.79 Å². The molecule has 0 radical (unpaired) electrons. The number of H-pyrrole nitrogens is 1. The molecule has 1 aliphatic rings. The van der Waals surface area contributed by atoms with E-state index in [1.807, 2.05) is 23.9 Å². The van der Waals surface area contributed by atoms with E-state index in [-0.39, 0.29) is 17.7 Å². The predicted molar refractivity (Wildman–Crippen MR) is 91.7 cm³/mol. The smallest absolute Gasteiger partial charge is 0.225 e. The highest BCUT2D eigenvalue weighted by Gasteiger charge is 2.39. The van der Waals surface area contributed by atoms with Gasteiger partial charge in [-0.3, -0.25) is 9.48 Å². The molecule has 3 rings (SSSR count). The fourth-order valence-electron chi connectivity index (χ4n) is 3.47. The lowest BCUT2D eigenvalue weighted by molar-refractivity contribution is -0.125. The van der Waals surface area contributed by atoms with Crippen LogP contribution in [0.15, 0.2) is 18.5 Å². The van der Waals surface area contributed by atoms with Crippen molar-refractivity contribution in [2.24, 2.45) is 5.92 Å². The van der Waals surface area contributed by atoms with Gasteiger partial charge in [0.15, 0.2) is 0 Å². The molecule has 0 spiro atoms. The molecular formula is C17H26N6O. The zero-order valence-corrected chi connectivity index (χ0v) is 14.6. The van der Waals surface area contributed by atoms with Gasteiger partial charge in [0, 0.05) is 50.1 Å². The minimum Gasteiger partial charge on any atom is -0.354 e. The number of carbonyl (C=O) groups is 1. The molecule has 2 aromatic heterocycles. The molecule has 7 nitrogen and oxygen atoms in total. The van der Waals surface area contributed by atoms with Crippen molar-refractivity contribution in [3.63, 3.8) is 0 Å². The van der Waals surface area contributed by atoms with Crippen LogP contribution in [0.4, 0.5) is 0 Å².